The van der Waals surface area contributed by atoms with E-state index in [-0.39, 0.29) is 17.8 Å². The highest BCUT2D eigenvalue weighted by molar-refractivity contribution is 7.90. The highest BCUT2D eigenvalue weighted by Gasteiger charge is 2.14. The molecule has 7 nitrogen and oxygen atoms in total. The summed E-state index contributed by atoms with van der Waals surface area (Å²) < 4.78 is 24.2. The summed E-state index contributed by atoms with van der Waals surface area (Å²) in [6, 6.07) is 7.70. The average molecular weight is 309 g/mol. The summed E-state index contributed by atoms with van der Waals surface area (Å²) in [5.41, 5.74) is 1.91. The lowest BCUT2D eigenvalue weighted by atomic mass is 10.1. The maximum Gasteiger partial charge on any atom is 0.148 e. The number of sulfone groups is 1. The van der Waals surface area contributed by atoms with Gasteiger partial charge in [-0.1, -0.05) is 12.1 Å². The quantitative estimate of drug-likeness (QED) is 0.847. The number of tetrazole rings is 1. The predicted octanol–water partition coefficient (Wildman–Crippen LogP) is 0.746. The van der Waals surface area contributed by atoms with Gasteiger partial charge in [0.05, 0.1) is 11.4 Å². The van der Waals surface area contributed by atoms with E-state index in [9.17, 15) is 8.42 Å². The summed E-state index contributed by atoms with van der Waals surface area (Å²) in [6.07, 6.45) is 2.78. The van der Waals surface area contributed by atoms with E-state index in [1.54, 1.807) is 4.68 Å². The van der Waals surface area contributed by atoms with Crippen molar-refractivity contribution >= 4 is 9.84 Å². The fraction of sp³-hybridized carbons (Fsp3) is 0.462. The fourth-order valence-corrected chi connectivity index (χ4v) is 3.25. The molecule has 2 rings (SSSR count). The van der Waals surface area contributed by atoms with Crippen molar-refractivity contribution < 1.29 is 8.42 Å². The molecule has 2 atom stereocenters. The maximum absolute atomic E-state index is 11.3. The summed E-state index contributed by atoms with van der Waals surface area (Å²) in [5.74, 6) is 0.115. The molecule has 0 radical (unpaired) electrons. The van der Waals surface area contributed by atoms with Crippen LogP contribution in [0, 0.1) is 0 Å². The van der Waals surface area contributed by atoms with Crippen molar-refractivity contribution in [1.29, 1.82) is 0 Å². The van der Waals surface area contributed by atoms with Gasteiger partial charge in [0, 0.05) is 18.3 Å². The number of nitrogens with one attached hydrogen (secondary N) is 1. The molecular weight excluding hydrogens is 290 g/mol. The van der Waals surface area contributed by atoms with Gasteiger partial charge in [-0.25, -0.2) is 13.1 Å². The number of rotatable bonds is 6. The molecule has 0 saturated carbocycles. The Morgan fingerprint density at radius 1 is 1.33 bits per heavy atom. The molecule has 1 aromatic carbocycles. The van der Waals surface area contributed by atoms with Crippen molar-refractivity contribution in [2.75, 3.05) is 12.0 Å². The second kappa shape index (κ2) is 6.31. The number of hydrogen-bond acceptors (Lipinski definition) is 6. The van der Waals surface area contributed by atoms with Crippen LogP contribution < -0.4 is 5.32 Å². The van der Waals surface area contributed by atoms with E-state index in [0.29, 0.717) is 0 Å². The monoisotopic (exact) mass is 309 g/mol. The van der Waals surface area contributed by atoms with E-state index in [4.69, 9.17) is 0 Å². The van der Waals surface area contributed by atoms with Gasteiger partial charge < -0.3 is 5.32 Å². The van der Waals surface area contributed by atoms with Crippen molar-refractivity contribution in [2.24, 2.45) is 0 Å². The molecule has 21 heavy (non-hydrogen) atoms. The maximum atomic E-state index is 11.3. The lowest BCUT2D eigenvalue weighted by Gasteiger charge is -2.20. The fourth-order valence-electron chi connectivity index (χ4n) is 2.24. The first kappa shape index (κ1) is 15.6. The van der Waals surface area contributed by atoms with Crippen LogP contribution in [0.5, 0.6) is 0 Å². The predicted molar refractivity (Wildman–Crippen MR) is 79.9 cm³/mol. The molecule has 0 aliphatic heterocycles. The molecule has 2 aromatic rings. The molecule has 0 aliphatic rings. The Balaban J connectivity index is 2.09. The number of benzene rings is 1. The minimum absolute atomic E-state index is 0.0261. The Kier molecular flexibility index (Phi) is 4.69. The van der Waals surface area contributed by atoms with Gasteiger partial charge in [0.2, 0.25) is 0 Å². The largest absolute Gasteiger partial charge is 0.307 e. The molecule has 1 heterocycles. The van der Waals surface area contributed by atoms with E-state index in [2.05, 4.69) is 20.8 Å². The van der Waals surface area contributed by atoms with E-state index >= 15 is 0 Å². The Morgan fingerprint density at radius 2 is 2.10 bits per heavy atom. The SMILES string of the molecule is CC(CS(C)(=O)=O)NC(C)c1cccc(-n2cnnn2)c1. The lowest BCUT2D eigenvalue weighted by Crippen LogP contribution is -2.34. The van der Waals surface area contributed by atoms with Crippen molar-refractivity contribution in [2.45, 2.75) is 25.9 Å². The molecule has 2 unspecified atom stereocenters. The Bertz CT molecular complexity index is 684. The van der Waals surface area contributed by atoms with E-state index in [0.717, 1.165) is 11.3 Å². The summed E-state index contributed by atoms with van der Waals surface area (Å²) in [7, 11) is -2.99. The van der Waals surface area contributed by atoms with Crippen molar-refractivity contribution in [3.63, 3.8) is 0 Å². The lowest BCUT2D eigenvalue weighted by molar-refractivity contribution is 0.500. The average Bonchev–Trinajstić information content (AvgIpc) is 2.90. The molecule has 114 valence electrons. The molecule has 0 bridgehead atoms. The van der Waals surface area contributed by atoms with Gasteiger partial charge in [0.1, 0.15) is 16.2 Å². The summed E-state index contributed by atoms with van der Waals surface area (Å²) in [5, 5.41) is 14.4. The Labute approximate surface area is 124 Å². The van der Waals surface area contributed by atoms with E-state index in [1.165, 1.54) is 12.6 Å². The first-order chi connectivity index (χ1) is 9.85. The molecule has 0 fully saturated rings. The molecular formula is C13H19N5O2S. The van der Waals surface area contributed by atoms with Crippen molar-refractivity contribution in [3.8, 4) is 5.69 Å². The normalized spacial score (nSPS) is 14.8. The van der Waals surface area contributed by atoms with Crippen LogP contribution in [-0.2, 0) is 9.84 Å². The van der Waals surface area contributed by atoms with Crippen LogP contribution in [0.15, 0.2) is 30.6 Å². The van der Waals surface area contributed by atoms with Crippen LogP contribution in [-0.4, -0.2) is 46.7 Å². The van der Waals surface area contributed by atoms with Gasteiger partial charge in [-0.05, 0) is 42.0 Å². The van der Waals surface area contributed by atoms with Crippen LogP contribution in [0.3, 0.4) is 0 Å². The van der Waals surface area contributed by atoms with E-state index < -0.39 is 9.84 Å². The number of aromatic nitrogens is 4. The number of nitrogens with zero attached hydrogens (tertiary/aromatic N) is 4. The molecule has 0 amide bonds. The van der Waals surface area contributed by atoms with Crippen LogP contribution in [0.1, 0.15) is 25.5 Å². The molecule has 0 spiro atoms. The van der Waals surface area contributed by atoms with Gasteiger partial charge in [-0.3, -0.25) is 0 Å². The first-order valence-corrected chi connectivity index (χ1v) is 8.68. The highest BCUT2D eigenvalue weighted by atomic mass is 32.2. The van der Waals surface area contributed by atoms with Crippen LogP contribution >= 0.6 is 0 Å². The standard InChI is InChI=1S/C13H19N5O2S/c1-10(8-21(3,19)20)15-11(2)12-5-4-6-13(7-12)18-9-14-16-17-18/h4-7,9-11,15H,8H2,1-3H3. The third-order valence-corrected chi connectivity index (χ3v) is 4.18. The zero-order valence-electron chi connectivity index (χ0n) is 12.3. The molecule has 8 heteroatoms. The third kappa shape index (κ3) is 4.61. The van der Waals surface area contributed by atoms with Crippen LogP contribution in [0.2, 0.25) is 0 Å². The topological polar surface area (TPSA) is 89.8 Å². The molecule has 0 saturated heterocycles. The van der Waals surface area contributed by atoms with Crippen molar-refractivity contribution in [3.05, 3.63) is 36.2 Å². The van der Waals surface area contributed by atoms with Crippen molar-refractivity contribution in [1.82, 2.24) is 25.5 Å². The number of hydrogen-bond donors (Lipinski definition) is 1. The van der Waals surface area contributed by atoms with Crippen LogP contribution in [0.4, 0.5) is 0 Å². The smallest absolute Gasteiger partial charge is 0.148 e. The zero-order valence-corrected chi connectivity index (χ0v) is 13.1. The summed E-state index contributed by atoms with van der Waals surface area (Å²) in [4.78, 5) is 0. The summed E-state index contributed by atoms with van der Waals surface area (Å²) >= 11 is 0. The van der Waals surface area contributed by atoms with Gasteiger partial charge in [0.25, 0.3) is 0 Å². The van der Waals surface area contributed by atoms with Gasteiger partial charge in [-0.15, -0.1) is 5.10 Å². The Morgan fingerprint density at radius 3 is 2.71 bits per heavy atom. The second-order valence-corrected chi connectivity index (χ2v) is 7.42. The zero-order chi connectivity index (χ0) is 15.5. The molecule has 0 aliphatic carbocycles. The molecule has 1 aromatic heterocycles. The minimum atomic E-state index is -2.99. The van der Waals surface area contributed by atoms with Gasteiger partial charge >= 0.3 is 0 Å². The molecule has 1 N–H and O–H groups in total. The highest BCUT2D eigenvalue weighted by Crippen LogP contribution is 2.16. The summed E-state index contributed by atoms with van der Waals surface area (Å²) in [6.45, 7) is 3.86. The minimum Gasteiger partial charge on any atom is -0.307 e. The van der Waals surface area contributed by atoms with Gasteiger partial charge in [0.15, 0.2) is 0 Å². The Hall–Kier alpha value is -1.80. The van der Waals surface area contributed by atoms with E-state index in [1.807, 2.05) is 38.1 Å². The second-order valence-electron chi connectivity index (χ2n) is 5.23. The first-order valence-electron chi connectivity index (χ1n) is 6.62. The third-order valence-electron chi connectivity index (χ3n) is 3.07. The van der Waals surface area contributed by atoms with Gasteiger partial charge in [-0.2, -0.15) is 0 Å². The van der Waals surface area contributed by atoms with Crippen LogP contribution in [0.25, 0.3) is 5.69 Å².